The third kappa shape index (κ3) is 5.26. The van der Waals surface area contributed by atoms with Crippen molar-refractivity contribution in [1.82, 2.24) is 10.6 Å². The number of hydrogen-bond acceptors (Lipinski definition) is 4. The molecule has 0 saturated carbocycles. The Morgan fingerprint density at radius 2 is 2.15 bits per heavy atom. The zero-order valence-corrected chi connectivity index (χ0v) is 15.5. The Balaban J connectivity index is 1.55. The second-order valence-electron chi connectivity index (χ2n) is 6.42. The lowest BCUT2D eigenvalue weighted by Crippen LogP contribution is -2.36. The molecule has 140 valence electrons. The van der Waals surface area contributed by atoms with Gasteiger partial charge in [-0.2, -0.15) is 0 Å². The van der Waals surface area contributed by atoms with Crippen LogP contribution in [0.5, 0.6) is 5.75 Å². The predicted molar refractivity (Wildman–Crippen MR) is 101 cm³/mol. The molecular weight excluding hydrogens is 330 g/mol. The van der Waals surface area contributed by atoms with Crippen molar-refractivity contribution in [2.24, 2.45) is 4.99 Å². The molecule has 1 aliphatic rings. The summed E-state index contributed by atoms with van der Waals surface area (Å²) in [5.74, 6) is 2.48. The molecule has 1 fully saturated rings. The van der Waals surface area contributed by atoms with E-state index < -0.39 is 0 Å². The van der Waals surface area contributed by atoms with Gasteiger partial charge < -0.3 is 24.5 Å². The molecule has 6 nitrogen and oxygen atoms in total. The Bertz CT molecular complexity index is 707. The molecule has 2 aromatic rings. The number of benzene rings is 1. The summed E-state index contributed by atoms with van der Waals surface area (Å²) in [6.07, 6.45) is 4.06. The Morgan fingerprint density at radius 3 is 2.88 bits per heavy atom. The maximum atomic E-state index is 6.05. The quantitative estimate of drug-likeness (QED) is 0.589. The number of furan rings is 1. The topological polar surface area (TPSA) is 68.0 Å². The molecule has 26 heavy (non-hydrogen) atoms. The molecule has 3 rings (SSSR count). The van der Waals surface area contributed by atoms with Gasteiger partial charge in [0.2, 0.25) is 0 Å². The highest BCUT2D eigenvalue weighted by Crippen LogP contribution is 2.22. The van der Waals surface area contributed by atoms with E-state index in [0.717, 1.165) is 36.5 Å². The first-order valence-corrected chi connectivity index (χ1v) is 9.05. The monoisotopic (exact) mass is 357 g/mol. The molecule has 0 bridgehead atoms. The minimum Gasteiger partial charge on any atom is -0.491 e. The van der Waals surface area contributed by atoms with Crippen molar-refractivity contribution < 1.29 is 13.9 Å². The largest absolute Gasteiger partial charge is 0.491 e. The van der Waals surface area contributed by atoms with Crippen LogP contribution in [0.2, 0.25) is 0 Å². The smallest absolute Gasteiger partial charge is 0.191 e. The van der Waals surface area contributed by atoms with E-state index >= 15 is 0 Å². The molecule has 1 unspecified atom stereocenters. The molecule has 0 aliphatic carbocycles. The molecular formula is C20H27N3O3. The fourth-order valence-electron chi connectivity index (χ4n) is 2.88. The third-order valence-corrected chi connectivity index (χ3v) is 4.35. The summed E-state index contributed by atoms with van der Waals surface area (Å²) in [4.78, 5) is 4.25. The third-order valence-electron chi connectivity index (χ3n) is 4.35. The number of nitrogens with zero attached hydrogens (tertiary/aromatic N) is 1. The molecule has 1 atom stereocenters. The van der Waals surface area contributed by atoms with E-state index in [1.807, 2.05) is 12.1 Å². The van der Waals surface area contributed by atoms with Crippen LogP contribution in [0.15, 0.2) is 46.0 Å². The Kier molecular flexibility index (Phi) is 6.55. The first-order chi connectivity index (χ1) is 12.7. The van der Waals surface area contributed by atoms with E-state index in [9.17, 15) is 0 Å². The summed E-state index contributed by atoms with van der Waals surface area (Å²) in [7, 11) is 1.75. The van der Waals surface area contributed by atoms with Crippen LogP contribution in [-0.2, 0) is 17.8 Å². The van der Waals surface area contributed by atoms with Crippen molar-refractivity contribution in [1.29, 1.82) is 0 Å². The maximum absolute atomic E-state index is 6.05. The van der Waals surface area contributed by atoms with Gasteiger partial charge in [-0.05, 0) is 43.5 Å². The van der Waals surface area contributed by atoms with Crippen LogP contribution in [0.3, 0.4) is 0 Å². The Morgan fingerprint density at radius 1 is 1.27 bits per heavy atom. The van der Waals surface area contributed by atoms with Gasteiger partial charge in [0.15, 0.2) is 5.96 Å². The van der Waals surface area contributed by atoms with E-state index in [1.54, 1.807) is 13.3 Å². The number of guanidine groups is 1. The van der Waals surface area contributed by atoms with Crippen molar-refractivity contribution in [2.75, 3.05) is 20.3 Å². The maximum Gasteiger partial charge on any atom is 0.191 e. The highest BCUT2D eigenvalue weighted by molar-refractivity contribution is 5.79. The second-order valence-corrected chi connectivity index (χ2v) is 6.42. The lowest BCUT2D eigenvalue weighted by Gasteiger charge is -2.17. The molecule has 1 aliphatic heterocycles. The molecule has 1 aromatic carbocycles. The molecule has 0 spiro atoms. The van der Waals surface area contributed by atoms with E-state index in [4.69, 9.17) is 13.9 Å². The summed E-state index contributed by atoms with van der Waals surface area (Å²) < 4.78 is 17.0. The summed E-state index contributed by atoms with van der Waals surface area (Å²) >= 11 is 0. The zero-order valence-electron chi connectivity index (χ0n) is 15.5. The van der Waals surface area contributed by atoms with Crippen molar-refractivity contribution in [3.63, 3.8) is 0 Å². The molecule has 0 radical (unpaired) electrons. The first kappa shape index (κ1) is 18.3. The number of rotatable bonds is 7. The lowest BCUT2D eigenvalue weighted by molar-refractivity contribution is 0.0676. The number of hydrogen-bond donors (Lipinski definition) is 2. The van der Waals surface area contributed by atoms with Gasteiger partial charge in [-0.15, -0.1) is 0 Å². The van der Waals surface area contributed by atoms with Crippen LogP contribution in [0.1, 0.15) is 29.7 Å². The van der Waals surface area contributed by atoms with Crippen LogP contribution in [0.4, 0.5) is 0 Å². The van der Waals surface area contributed by atoms with Crippen LogP contribution < -0.4 is 15.4 Å². The van der Waals surface area contributed by atoms with Crippen LogP contribution >= 0.6 is 0 Å². The van der Waals surface area contributed by atoms with Crippen molar-refractivity contribution in [2.45, 2.75) is 39.0 Å². The minimum absolute atomic E-state index is 0.207. The molecule has 1 saturated heterocycles. The minimum atomic E-state index is 0.207. The number of nitrogens with one attached hydrogen (secondary N) is 2. The highest BCUT2D eigenvalue weighted by Gasteiger charge is 2.17. The summed E-state index contributed by atoms with van der Waals surface area (Å²) in [6.45, 7) is 4.72. The van der Waals surface area contributed by atoms with Gasteiger partial charge in [0, 0.05) is 25.8 Å². The van der Waals surface area contributed by atoms with Crippen LogP contribution in [0.25, 0.3) is 0 Å². The van der Waals surface area contributed by atoms with Gasteiger partial charge in [-0.3, -0.25) is 4.99 Å². The normalized spacial score (nSPS) is 17.3. The van der Waals surface area contributed by atoms with E-state index in [1.165, 1.54) is 5.56 Å². The van der Waals surface area contributed by atoms with Gasteiger partial charge in [-0.25, -0.2) is 0 Å². The summed E-state index contributed by atoms with van der Waals surface area (Å²) in [5.41, 5.74) is 2.27. The molecule has 2 heterocycles. The fourth-order valence-corrected chi connectivity index (χ4v) is 2.88. The van der Waals surface area contributed by atoms with Crippen molar-refractivity contribution >= 4 is 5.96 Å². The van der Waals surface area contributed by atoms with Crippen molar-refractivity contribution in [3.8, 4) is 5.75 Å². The average Bonchev–Trinajstić information content (AvgIpc) is 3.35. The molecule has 2 N–H and O–H groups in total. The Labute approximate surface area is 154 Å². The standard InChI is InChI=1S/C20H27N3O3/c1-15-7-8-16(19(11-15)26-14-18-6-4-10-25-18)12-22-20(21-2)23-13-17-5-3-9-24-17/h3,5,7-9,11,18H,4,6,10,12-14H2,1-2H3,(H2,21,22,23). The van der Waals surface area contributed by atoms with E-state index in [0.29, 0.717) is 25.7 Å². The van der Waals surface area contributed by atoms with Gasteiger partial charge in [0.1, 0.15) is 18.1 Å². The summed E-state index contributed by atoms with van der Waals surface area (Å²) in [5, 5.41) is 6.56. The molecule has 1 aromatic heterocycles. The first-order valence-electron chi connectivity index (χ1n) is 9.05. The van der Waals surface area contributed by atoms with Gasteiger partial charge in [-0.1, -0.05) is 12.1 Å². The number of aliphatic imine (C=N–C) groups is 1. The van der Waals surface area contributed by atoms with Gasteiger partial charge in [0.25, 0.3) is 0 Å². The molecule has 6 heteroatoms. The van der Waals surface area contributed by atoms with E-state index in [-0.39, 0.29) is 6.10 Å². The molecule has 0 amide bonds. The SMILES string of the molecule is CN=C(NCc1ccco1)NCc1ccc(C)cc1OCC1CCCO1. The fraction of sp³-hybridized carbons (Fsp3) is 0.450. The van der Waals surface area contributed by atoms with Crippen LogP contribution in [0, 0.1) is 6.92 Å². The van der Waals surface area contributed by atoms with Gasteiger partial charge >= 0.3 is 0 Å². The number of aryl methyl sites for hydroxylation is 1. The average molecular weight is 357 g/mol. The lowest BCUT2D eigenvalue weighted by atomic mass is 10.1. The predicted octanol–water partition coefficient (Wildman–Crippen LogP) is 3.01. The van der Waals surface area contributed by atoms with Crippen molar-refractivity contribution in [3.05, 3.63) is 53.5 Å². The van der Waals surface area contributed by atoms with Gasteiger partial charge in [0.05, 0.1) is 18.9 Å². The number of ether oxygens (including phenoxy) is 2. The highest BCUT2D eigenvalue weighted by atomic mass is 16.5. The zero-order chi connectivity index (χ0) is 18.2. The van der Waals surface area contributed by atoms with Crippen LogP contribution in [-0.4, -0.2) is 32.3 Å². The van der Waals surface area contributed by atoms with E-state index in [2.05, 4.69) is 40.7 Å². The second kappa shape index (κ2) is 9.29. The Hall–Kier alpha value is -2.47. The summed E-state index contributed by atoms with van der Waals surface area (Å²) in [6, 6.07) is 10.1.